The molecule has 0 saturated heterocycles. The van der Waals surface area contributed by atoms with Crippen molar-refractivity contribution in [2.24, 2.45) is 0 Å². The van der Waals surface area contributed by atoms with Crippen molar-refractivity contribution in [2.75, 3.05) is 0 Å². The van der Waals surface area contributed by atoms with E-state index in [9.17, 15) is 0 Å². The fourth-order valence-corrected chi connectivity index (χ4v) is 2.47. The van der Waals surface area contributed by atoms with Crippen LogP contribution < -0.4 is 0 Å². The summed E-state index contributed by atoms with van der Waals surface area (Å²) in [7, 11) is 0. The summed E-state index contributed by atoms with van der Waals surface area (Å²) in [6, 6.07) is 9.75. The van der Waals surface area contributed by atoms with Crippen LogP contribution in [0.2, 0.25) is 0 Å². The van der Waals surface area contributed by atoms with Gasteiger partial charge < -0.3 is 4.52 Å². The molecule has 3 aromatic rings. The maximum absolute atomic E-state index is 5.39. The van der Waals surface area contributed by atoms with Crippen LogP contribution >= 0.6 is 15.9 Å². The lowest BCUT2D eigenvalue weighted by Crippen LogP contribution is -1.99. The lowest BCUT2D eigenvalue weighted by molar-refractivity contribution is 0.427. The van der Waals surface area contributed by atoms with E-state index in [0.717, 1.165) is 28.0 Å². The molecule has 0 aliphatic carbocycles. The second kappa shape index (κ2) is 5.20. The highest BCUT2D eigenvalue weighted by Gasteiger charge is 2.20. The molecular weight excluding hydrogens is 320 g/mol. The molecule has 6 heteroatoms. The maximum atomic E-state index is 5.39. The van der Waals surface area contributed by atoms with Gasteiger partial charge in [0.05, 0.1) is 10.2 Å². The predicted molar refractivity (Wildman–Crippen MR) is 79.1 cm³/mol. The van der Waals surface area contributed by atoms with Crippen LogP contribution in [0.5, 0.6) is 0 Å². The Balaban J connectivity index is 2.07. The van der Waals surface area contributed by atoms with Crippen LogP contribution in [-0.4, -0.2) is 19.9 Å². The molecule has 0 aliphatic heterocycles. The predicted octanol–water partition coefficient (Wildman–Crippen LogP) is 3.69. The van der Waals surface area contributed by atoms with Crippen molar-refractivity contribution >= 4 is 15.9 Å². The summed E-state index contributed by atoms with van der Waals surface area (Å²) in [4.78, 5) is 4.46. The van der Waals surface area contributed by atoms with Crippen LogP contribution in [0.3, 0.4) is 0 Å². The van der Waals surface area contributed by atoms with Crippen molar-refractivity contribution in [3.05, 3.63) is 40.5 Å². The second-order valence-electron chi connectivity index (χ2n) is 4.35. The molecule has 0 N–H and O–H groups in total. The first-order chi connectivity index (χ1) is 9.70. The standard InChI is InChI=1S/C14H13BrN4O/c1-3-19-12(11(15)9(2)17-19)14-16-13(18-20-14)10-7-5-4-6-8-10/h4-8H,3H2,1-2H3. The summed E-state index contributed by atoms with van der Waals surface area (Å²) in [5.74, 6) is 1.05. The molecule has 0 amide bonds. The summed E-state index contributed by atoms with van der Waals surface area (Å²) >= 11 is 3.53. The molecule has 0 aliphatic rings. The van der Waals surface area contributed by atoms with Gasteiger partial charge in [-0.3, -0.25) is 4.68 Å². The lowest BCUT2D eigenvalue weighted by atomic mass is 10.2. The SMILES string of the molecule is CCn1nc(C)c(Br)c1-c1nc(-c2ccccc2)no1. The Morgan fingerprint density at radius 2 is 2.00 bits per heavy atom. The first-order valence-electron chi connectivity index (χ1n) is 6.33. The van der Waals surface area contributed by atoms with Gasteiger partial charge in [-0.1, -0.05) is 35.5 Å². The number of nitrogens with zero attached hydrogens (tertiary/aromatic N) is 4. The van der Waals surface area contributed by atoms with Crippen molar-refractivity contribution < 1.29 is 4.52 Å². The summed E-state index contributed by atoms with van der Waals surface area (Å²) in [5, 5.41) is 8.47. The molecule has 0 spiro atoms. The number of hydrogen-bond acceptors (Lipinski definition) is 4. The molecular formula is C14H13BrN4O. The normalized spacial score (nSPS) is 10.9. The van der Waals surface area contributed by atoms with E-state index in [1.807, 2.05) is 48.9 Å². The molecule has 2 heterocycles. The van der Waals surface area contributed by atoms with E-state index in [1.54, 1.807) is 0 Å². The molecule has 102 valence electrons. The van der Waals surface area contributed by atoms with Crippen LogP contribution in [0.15, 0.2) is 39.3 Å². The molecule has 20 heavy (non-hydrogen) atoms. The highest BCUT2D eigenvalue weighted by molar-refractivity contribution is 9.10. The van der Waals surface area contributed by atoms with Crippen molar-refractivity contribution in [3.63, 3.8) is 0 Å². The Kier molecular flexibility index (Phi) is 3.40. The number of rotatable bonds is 3. The highest BCUT2D eigenvalue weighted by Crippen LogP contribution is 2.31. The van der Waals surface area contributed by atoms with E-state index in [-0.39, 0.29) is 0 Å². The topological polar surface area (TPSA) is 56.7 Å². The van der Waals surface area contributed by atoms with E-state index in [2.05, 4.69) is 31.2 Å². The number of aryl methyl sites for hydroxylation is 2. The van der Waals surface area contributed by atoms with Crippen molar-refractivity contribution in [2.45, 2.75) is 20.4 Å². The van der Waals surface area contributed by atoms with Crippen molar-refractivity contribution in [1.29, 1.82) is 0 Å². The first kappa shape index (κ1) is 13.1. The third-order valence-electron chi connectivity index (χ3n) is 3.01. The fourth-order valence-electron chi connectivity index (χ4n) is 2.02. The molecule has 0 fully saturated rings. The molecule has 0 bridgehead atoms. The molecule has 0 atom stereocenters. The van der Waals surface area contributed by atoms with Crippen LogP contribution in [0.1, 0.15) is 12.6 Å². The Labute approximate surface area is 124 Å². The number of aromatic nitrogens is 4. The maximum Gasteiger partial charge on any atom is 0.277 e. The Morgan fingerprint density at radius 3 is 2.70 bits per heavy atom. The largest absolute Gasteiger partial charge is 0.332 e. The fraction of sp³-hybridized carbons (Fsp3) is 0.214. The summed E-state index contributed by atoms with van der Waals surface area (Å²) in [6.07, 6.45) is 0. The molecule has 0 unspecified atom stereocenters. The molecule has 3 rings (SSSR count). The average molecular weight is 333 g/mol. The Morgan fingerprint density at radius 1 is 1.25 bits per heavy atom. The van der Waals surface area contributed by atoms with E-state index in [0.29, 0.717) is 11.7 Å². The summed E-state index contributed by atoms with van der Waals surface area (Å²) in [5.41, 5.74) is 2.65. The van der Waals surface area contributed by atoms with Gasteiger partial charge in [-0.15, -0.1) is 0 Å². The second-order valence-corrected chi connectivity index (χ2v) is 5.15. The van der Waals surface area contributed by atoms with Gasteiger partial charge in [-0.2, -0.15) is 10.1 Å². The van der Waals surface area contributed by atoms with Gasteiger partial charge in [0.2, 0.25) is 5.82 Å². The van der Waals surface area contributed by atoms with Gasteiger partial charge in [0.15, 0.2) is 0 Å². The van der Waals surface area contributed by atoms with Gasteiger partial charge >= 0.3 is 0 Å². The Bertz CT molecular complexity index is 733. The van der Waals surface area contributed by atoms with E-state index < -0.39 is 0 Å². The van der Waals surface area contributed by atoms with Crippen molar-refractivity contribution in [3.8, 4) is 23.0 Å². The van der Waals surface area contributed by atoms with Gasteiger partial charge in [0.25, 0.3) is 5.89 Å². The zero-order valence-electron chi connectivity index (χ0n) is 11.2. The van der Waals surface area contributed by atoms with E-state index >= 15 is 0 Å². The van der Waals surface area contributed by atoms with Crippen LogP contribution in [-0.2, 0) is 6.54 Å². The van der Waals surface area contributed by atoms with Gasteiger partial charge in [0.1, 0.15) is 5.69 Å². The lowest BCUT2D eigenvalue weighted by Gasteiger charge is -1.99. The zero-order chi connectivity index (χ0) is 14.1. The third-order valence-corrected chi connectivity index (χ3v) is 3.96. The molecule has 0 saturated carbocycles. The molecule has 1 aromatic carbocycles. The van der Waals surface area contributed by atoms with Crippen LogP contribution in [0.4, 0.5) is 0 Å². The summed E-state index contributed by atoms with van der Waals surface area (Å²) < 4.78 is 8.13. The van der Waals surface area contributed by atoms with Crippen LogP contribution in [0, 0.1) is 6.92 Å². The smallest absolute Gasteiger partial charge is 0.277 e. The zero-order valence-corrected chi connectivity index (χ0v) is 12.8. The van der Waals surface area contributed by atoms with E-state index in [1.165, 1.54) is 0 Å². The average Bonchev–Trinajstić information content (AvgIpc) is 3.06. The van der Waals surface area contributed by atoms with E-state index in [4.69, 9.17) is 4.52 Å². The number of hydrogen-bond donors (Lipinski definition) is 0. The van der Waals surface area contributed by atoms with Crippen molar-refractivity contribution in [1.82, 2.24) is 19.9 Å². The molecule has 5 nitrogen and oxygen atoms in total. The minimum atomic E-state index is 0.471. The minimum absolute atomic E-state index is 0.471. The minimum Gasteiger partial charge on any atom is -0.332 e. The quantitative estimate of drug-likeness (QED) is 0.733. The number of halogens is 1. The third kappa shape index (κ3) is 2.16. The van der Waals surface area contributed by atoms with Gasteiger partial charge in [0, 0.05) is 12.1 Å². The van der Waals surface area contributed by atoms with Gasteiger partial charge in [-0.05, 0) is 29.8 Å². The molecule has 0 radical (unpaired) electrons. The monoisotopic (exact) mass is 332 g/mol. The Hall–Kier alpha value is -1.95. The molecule has 2 aromatic heterocycles. The first-order valence-corrected chi connectivity index (χ1v) is 7.12. The van der Waals surface area contributed by atoms with Gasteiger partial charge in [-0.25, -0.2) is 0 Å². The number of benzene rings is 1. The highest BCUT2D eigenvalue weighted by atomic mass is 79.9. The van der Waals surface area contributed by atoms with Crippen LogP contribution in [0.25, 0.3) is 23.0 Å². The summed E-state index contributed by atoms with van der Waals surface area (Å²) in [6.45, 7) is 4.70.